The average molecular weight is 241 g/mol. The van der Waals surface area contributed by atoms with Crippen LogP contribution in [0.15, 0.2) is 0 Å². The molecule has 1 amide bonds. The maximum absolute atomic E-state index is 11.3. The topological polar surface area (TPSA) is 58.4 Å². The third kappa shape index (κ3) is 6.03. The van der Waals surface area contributed by atoms with E-state index in [0.717, 1.165) is 38.4 Å². The van der Waals surface area contributed by atoms with Crippen LogP contribution in [0.2, 0.25) is 0 Å². The molecule has 0 spiro atoms. The first kappa shape index (κ1) is 14.5. The first-order valence-electron chi connectivity index (χ1n) is 6.92. The summed E-state index contributed by atoms with van der Waals surface area (Å²) in [6.07, 6.45) is 4.62. The van der Waals surface area contributed by atoms with Crippen LogP contribution in [0.25, 0.3) is 0 Å². The Morgan fingerprint density at radius 3 is 2.65 bits per heavy atom. The number of carbonyl (C=O) groups is 1. The second-order valence-electron chi connectivity index (χ2n) is 5.03. The van der Waals surface area contributed by atoms with E-state index in [2.05, 4.69) is 24.1 Å². The Labute approximate surface area is 105 Å². The number of hydrogen-bond donors (Lipinski definition) is 2. The molecule has 1 rings (SSSR count). The lowest BCUT2D eigenvalue weighted by Crippen LogP contribution is -2.44. The van der Waals surface area contributed by atoms with Crippen LogP contribution in [-0.4, -0.2) is 43.0 Å². The minimum Gasteiger partial charge on any atom is -0.368 e. The van der Waals surface area contributed by atoms with E-state index in [1.807, 2.05) is 0 Å². The highest BCUT2D eigenvalue weighted by molar-refractivity contribution is 5.79. The van der Waals surface area contributed by atoms with Crippen LogP contribution >= 0.6 is 0 Å². The lowest BCUT2D eigenvalue weighted by molar-refractivity contribution is -0.120. The molecule has 1 fully saturated rings. The fraction of sp³-hybridized carbons (Fsp3) is 0.923. The van der Waals surface area contributed by atoms with Gasteiger partial charge in [-0.2, -0.15) is 0 Å². The molecule has 0 aromatic heterocycles. The lowest BCUT2D eigenvalue weighted by atomic mass is 10.1. The summed E-state index contributed by atoms with van der Waals surface area (Å²) in [5.74, 6) is 0.687. The number of nitrogens with one attached hydrogen (secondary N) is 1. The van der Waals surface area contributed by atoms with Gasteiger partial charge in [0.05, 0.1) is 6.04 Å². The van der Waals surface area contributed by atoms with Gasteiger partial charge in [-0.3, -0.25) is 4.79 Å². The fourth-order valence-electron chi connectivity index (χ4n) is 2.02. The molecule has 3 N–H and O–H groups in total. The van der Waals surface area contributed by atoms with Gasteiger partial charge in [0.15, 0.2) is 0 Å². The van der Waals surface area contributed by atoms with Crippen LogP contribution in [0.4, 0.5) is 0 Å². The van der Waals surface area contributed by atoms with E-state index in [1.165, 1.54) is 19.4 Å². The molecule has 1 aliphatic carbocycles. The maximum Gasteiger partial charge on any atom is 0.234 e. The highest BCUT2D eigenvalue weighted by atomic mass is 16.1. The summed E-state index contributed by atoms with van der Waals surface area (Å²) in [6, 6.07) is -0.164. The monoisotopic (exact) mass is 241 g/mol. The van der Waals surface area contributed by atoms with Crippen LogP contribution in [0.5, 0.6) is 0 Å². The smallest absolute Gasteiger partial charge is 0.234 e. The van der Waals surface area contributed by atoms with E-state index in [9.17, 15) is 4.79 Å². The summed E-state index contributed by atoms with van der Waals surface area (Å²) in [5.41, 5.74) is 5.40. The normalized spacial score (nSPS) is 17.4. The largest absolute Gasteiger partial charge is 0.368 e. The predicted molar refractivity (Wildman–Crippen MR) is 70.7 cm³/mol. The molecular formula is C13H27N3O. The van der Waals surface area contributed by atoms with E-state index < -0.39 is 0 Å². The van der Waals surface area contributed by atoms with E-state index in [1.54, 1.807) is 0 Å². The van der Waals surface area contributed by atoms with Crippen molar-refractivity contribution >= 4 is 5.91 Å². The van der Waals surface area contributed by atoms with Gasteiger partial charge in [0.25, 0.3) is 0 Å². The Morgan fingerprint density at radius 2 is 2.18 bits per heavy atom. The van der Waals surface area contributed by atoms with Crippen LogP contribution < -0.4 is 11.1 Å². The number of hydrogen-bond acceptors (Lipinski definition) is 3. The Hall–Kier alpha value is -0.610. The molecule has 0 aromatic carbocycles. The highest BCUT2D eigenvalue weighted by Crippen LogP contribution is 2.29. The lowest BCUT2D eigenvalue weighted by Gasteiger charge is -2.23. The third-order valence-corrected chi connectivity index (χ3v) is 3.38. The Balaban J connectivity index is 2.24. The van der Waals surface area contributed by atoms with Gasteiger partial charge in [0.1, 0.15) is 0 Å². The van der Waals surface area contributed by atoms with Crippen molar-refractivity contribution in [3.05, 3.63) is 0 Å². The van der Waals surface area contributed by atoms with Crippen molar-refractivity contribution in [2.24, 2.45) is 11.7 Å². The van der Waals surface area contributed by atoms with Gasteiger partial charge < -0.3 is 16.0 Å². The molecule has 0 bridgehead atoms. The number of amides is 1. The molecule has 4 nitrogen and oxygen atoms in total. The van der Waals surface area contributed by atoms with Gasteiger partial charge in [-0.25, -0.2) is 0 Å². The average Bonchev–Trinajstić information content (AvgIpc) is 3.10. The highest BCUT2D eigenvalue weighted by Gasteiger charge is 2.24. The molecule has 0 radical (unpaired) electrons. The molecule has 0 aromatic rings. The van der Waals surface area contributed by atoms with Crippen LogP contribution in [-0.2, 0) is 4.79 Å². The summed E-state index contributed by atoms with van der Waals surface area (Å²) in [4.78, 5) is 13.7. The summed E-state index contributed by atoms with van der Waals surface area (Å²) in [7, 11) is 0. The second-order valence-corrected chi connectivity index (χ2v) is 5.03. The zero-order valence-corrected chi connectivity index (χ0v) is 11.2. The van der Waals surface area contributed by atoms with Crippen molar-refractivity contribution in [2.75, 3.05) is 26.2 Å². The zero-order chi connectivity index (χ0) is 12.7. The molecule has 17 heavy (non-hydrogen) atoms. The molecule has 4 heteroatoms. The van der Waals surface area contributed by atoms with Gasteiger partial charge in [0, 0.05) is 13.1 Å². The Morgan fingerprint density at radius 1 is 1.47 bits per heavy atom. The van der Waals surface area contributed by atoms with Crippen molar-refractivity contribution in [1.29, 1.82) is 0 Å². The Bertz CT molecular complexity index is 229. The van der Waals surface area contributed by atoms with Crippen LogP contribution in [0.1, 0.15) is 39.5 Å². The van der Waals surface area contributed by atoms with Crippen LogP contribution in [0.3, 0.4) is 0 Å². The summed E-state index contributed by atoms with van der Waals surface area (Å²) in [5, 5.41) is 3.22. The van der Waals surface area contributed by atoms with Gasteiger partial charge in [-0.1, -0.05) is 13.8 Å². The van der Waals surface area contributed by atoms with Gasteiger partial charge in [-0.15, -0.1) is 0 Å². The number of primary amides is 1. The maximum atomic E-state index is 11.3. The number of carbonyl (C=O) groups excluding carboxylic acids is 1. The summed E-state index contributed by atoms with van der Waals surface area (Å²) < 4.78 is 0. The molecule has 100 valence electrons. The van der Waals surface area contributed by atoms with Gasteiger partial charge in [-0.05, 0) is 44.7 Å². The molecular weight excluding hydrogens is 214 g/mol. The van der Waals surface area contributed by atoms with Crippen LogP contribution in [0, 0.1) is 5.92 Å². The van der Waals surface area contributed by atoms with Crippen molar-refractivity contribution < 1.29 is 4.79 Å². The molecule has 1 atom stereocenters. The van der Waals surface area contributed by atoms with E-state index >= 15 is 0 Å². The molecule has 0 saturated heterocycles. The molecule has 1 unspecified atom stereocenters. The number of rotatable bonds is 10. The minimum atomic E-state index is -0.221. The Kier molecular flexibility index (Phi) is 6.52. The van der Waals surface area contributed by atoms with E-state index in [4.69, 9.17) is 5.73 Å². The van der Waals surface area contributed by atoms with Gasteiger partial charge in [0.2, 0.25) is 5.91 Å². The van der Waals surface area contributed by atoms with E-state index in [-0.39, 0.29) is 11.9 Å². The first-order chi connectivity index (χ1) is 8.17. The SMILES string of the molecule is CCCNC(CCN(CC)CC1CC1)C(N)=O. The molecule has 1 aliphatic rings. The van der Waals surface area contributed by atoms with Crippen molar-refractivity contribution in [3.63, 3.8) is 0 Å². The number of nitrogens with zero attached hydrogens (tertiary/aromatic N) is 1. The van der Waals surface area contributed by atoms with Crippen molar-refractivity contribution in [1.82, 2.24) is 10.2 Å². The predicted octanol–water partition coefficient (Wildman–Crippen LogP) is 0.962. The molecule has 0 aliphatic heterocycles. The summed E-state index contributed by atoms with van der Waals surface area (Å²) in [6.45, 7) is 8.36. The minimum absolute atomic E-state index is 0.164. The molecule has 1 saturated carbocycles. The fourth-order valence-corrected chi connectivity index (χ4v) is 2.02. The summed E-state index contributed by atoms with van der Waals surface area (Å²) >= 11 is 0. The zero-order valence-electron chi connectivity index (χ0n) is 11.2. The quantitative estimate of drug-likeness (QED) is 0.599. The second kappa shape index (κ2) is 7.67. The van der Waals surface area contributed by atoms with E-state index in [0.29, 0.717) is 0 Å². The van der Waals surface area contributed by atoms with Crippen molar-refractivity contribution in [2.45, 2.75) is 45.6 Å². The van der Waals surface area contributed by atoms with Crippen molar-refractivity contribution in [3.8, 4) is 0 Å². The van der Waals surface area contributed by atoms with Gasteiger partial charge >= 0.3 is 0 Å². The standard InChI is InChI=1S/C13H27N3O/c1-3-8-15-12(13(14)17)7-9-16(4-2)10-11-5-6-11/h11-12,15H,3-10H2,1-2H3,(H2,14,17). The molecule has 0 heterocycles. The first-order valence-corrected chi connectivity index (χ1v) is 6.92. The number of nitrogens with two attached hydrogens (primary N) is 1. The third-order valence-electron chi connectivity index (χ3n) is 3.38.